The Morgan fingerprint density at radius 2 is 1.50 bits per heavy atom. The highest BCUT2D eigenvalue weighted by atomic mass is 79.9. The summed E-state index contributed by atoms with van der Waals surface area (Å²) in [7, 11) is -1.50. The molecule has 1 N–H and O–H groups in total. The number of hydrogen-bond acceptors (Lipinski definition) is 6. The zero-order valence-electron chi connectivity index (χ0n) is 27.2. The average Bonchev–Trinajstić information content (AvgIpc) is 3.08. The number of sulfonamides is 1. The van der Waals surface area contributed by atoms with Gasteiger partial charge < -0.3 is 19.7 Å². The van der Waals surface area contributed by atoms with Crippen molar-refractivity contribution in [3.05, 3.63) is 118 Å². The van der Waals surface area contributed by atoms with Crippen molar-refractivity contribution in [2.75, 3.05) is 31.6 Å². The number of halogens is 2. The molecule has 0 saturated carbocycles. The predicted octanol–water partition coefficient (Wildman–Crippen LogP) is 6.73. The fraction of sp³-hybridized carbons (Fsp3) is 0.278. The molecule has 0 radical (unpaired) electrons. The summed E-state index contributed by atoms with van der Waals surface area (Å²) in [6.07, 6.45) is 0.219. The minimum Gasteiger partial charge on any atom is -0.493 e. The molecule has 0 bridgehead atoms. The molecule has 4 aromatic carbocycles. The first-order valence-corrected chi connectivity index (χ1v) is 17.9. The van der Waals surface area contributed by atoms with Gasteiger partial charge in [-0.2, -0.15) is 0 Å². The number of carbonyl (C=O) groups is 2. The first-order chi connectivity index (χ1) is 22.9. The lowest BCUT2D eigenvalue weighted by Gasteiger charge is -2.34. The van der Waals surface area contributed by atoms with Crippen LogP contribution in [-0.2, 0) is 32.6 Å². The Balaban J connectivity index is 1.81. The van der Waals surface area contributed by atoms with Crippen molar-refractivity contribution >= 4 is 55.1 Å². The molecule has 2 amide bonds. The van der Waals surface area contributed by atoms with Crippen LogP contribution in [0.3, 0.4) is 0 Å². The van der Waals surface area contributed by atoms with Crippen LogP contribution in [0.4, 0.5) is 5.69 Å². The topological polar surface area (TPSA) is 105 Å². The van der Waals surface area contributed by atoms with Gasteiger partial charge in [0.25, 0.3) is 10.0 Å². The monoisotopic (exact) mass is 755 g/mol. The fourth-order valence-corrected chi connectivity index (χ4v) is 6.82. The van der Waals surface area contributed by atoms with Gasteiger partial charge in [-0.25, -0.2) is 8.42 Å². The van der Waals surface area contributed by atoms with Gasteiger partial charge in [0, 0.05) is 35.1 Å². The van der Waals surface area contributed by atoms with Crippen molar-refractivity contribution < 1.29 is 27.5 Å². The number of benzene rings is 4. The van der Waals surface area contributed by atoms with Crippen LogP contribution in [0.1, 0.15) is 25.0 Å². The highest BCUT2D eigenvalue weighted by Crippen LogP contribution is 2.33. The number of hydrogen-bond donors (Lipinski definition) is 1. The van der Waals surface area contributed by atoms with E-state index < -0.39 is 28.5 Å². The van der Waals surface area contributed by atoms with Gasteiger partial charge in [0.1, 0.15) is 12.6 Å². The summed E-state index contributed by atoms with van der Waals surface area (Å²) in [5.41, 5.74) is 1.83. The van der Waals surface area contributed by atoms with Crippen LogP contribution in [0.25, 0.3) is 0 Å². The van der Waals surface area contributed by atoms with E-state index in [0.29, 0.717) is 17.3 Å². The first-order valence-electron chi connectivity index (χ1n) is 15.3. The molecule has 0 aromatic heterocycles. The molecule has 0 aliphatic heterocycles. The second-order valence-corrected chi connectivity index (χ2v) is 14.7. The Morgan fingerprint density at radius 1 is 0.854 bits per heavy atom. The summed E-state index contributed by atoms with van der Waals surface area (Å²) < 4.78 is 41.3. The van der Waals surface area contributed by atoms with E-state index in [1.54, 1.807) is 12.1 Å². The van der Waals surface area contributed by atoms with Crippen molar-refractivity contribution in [3.8, 4) is 11.5 Å². The normalized spacial score (nSPS) is 11.9. The molecule has 1 atom stereocenters. The van der Waals surface area contributed by atoms with E-state index in [2.05, 4.69) is 21.2 Å². The molecular weight excluding hydrogens is 718 g/mol. The summed E-state index contributed by atoms with van der Waals surface area (Å²) in [6.45, 7) is 3.84. The van der Waals surface area contributed by atoms with Crippen LogP contribution in [0, 0.1) is 5.92 Å². The summed E-state index contributed by atoms with van der Waals surface area (Å²) in [5, 5.41) is 3.39. The van der Waals surface area contributed by atoms with Gasteiger partial charge in [-0.15, -0.1) is 0 Å². The maximum atomic E-state index is 14.6. The molecule has 0 aliphatic carbocycles. The minimum atomic E-state index is -4.36. The zero-order chi connectivity index (χ0) is 34.8. The molecule has 0 saturated heterocycles. The van der Waals surface area contributed by atoms with Crippen molar-refractivity contribution in [3.63, 3.8) is 0 Å². The average molecular weight is 757 g/mol. The Hall–Kier alpha value is -4.06. The molecule has 0 aliphatic rings. The lowest BCUT2D eigenvalue weighted by molar-refractivity contribution is -0.140. The quantitative estimate of drug-likeness (QED) is 0.144. The van der Waals surface area contributed by atoms with Gasteiger partial charge >= 0.3 is 0 Å². The number of nitrogens with zero attached hydrogens (tertiary/aromatic N) is 2. The zero-order valence-corrected chi connectivity index (χ0v) is 30.4. The van der Waals surface area contributed by atoms with E-state index in [9.17, 15) is 18.0 Å². The SMILES string of the molecule is COc1ccc(S(=O)(=O)N(CC(=O)N(Cc2ccc(Br)cc2)[C@@H](Cc2ccccc2)C(=O)NCC(C)C)c2ccc(Cl)cc2)cc1OC. The molecule has 9 nitrogen and oxygen atoms in total. The molecule has 4 aromatic rings. The predicted molar refractivity (Wildman–Crippen MR) is 192 cm³/mol. The third-order valence-corrected chi connectivity index (χ3v) is 10.1. The summed E-state index contributed by atoms with van der Waals surface area (Å²) in [4.78, 5) is 29.8. The second-order valence-electron chi connectivity index (χ2n) is 11.5. The first kappa shape index (κ1) is 36.8. The van der Waals surface area contributed by atoms with Crippen LogP contribution in [0.5, 0.6) is 11.5 Å². The Kier molecular flexibility index (Phi) is 12.9. The highest BCUT2D eigenvalue weighted by Gasteiger charge is 2.35. The molecule has 0 spiro atoms. The van der Waals surface area contributed by atoms with Crippen LogP contribution < -0.4 is 19.1 Å². The van der Waals surface area contributed by atoms with E-state index >= 15 is 0 Å². The molecule has 0 heterocycles. The lowest BCUT2D eigenvalue weighted by Crippen LogP contribution is -2.53. The van der Waals surface area contributed by atoms with Crippen molar-refractivity contribution in [2.45, 2.75) is 37.8 Å². The minimum absolute atomic E-state index is 0.0591. The van der Waals surface area contributed by atoms with Gasteiger partial charge in [0.15, 0.2) is 11.5 Å². The van der Waals surface area contributed by atoms with Crippen molar-refractivity contribution in [1.29, 1.82) is 0 Å². The third kappa shape index (κ3) is 9.52. The highest BCUT2D eigenvalue weighted by molar-refractivity contribution is 9.10. The van der Waals surface area contributed by atoms with Gasteiger partial charge in [0.05, 0.1) is 24.8 Å². The van der Waals surface area contributed by atoms with Gasteiger partial charge in [-0.05, 0) is 65.6 Å². The molecule has 254 valence electrons. The number of nitrogens with one attached hydrogen (secondary N) is 1. The number of anilines is 1. The molecular formula is C36H39BrClN3O6S. The van der Waals surface area contributed by atoms with Crippen LogP contribution in [0.15, 0.2) is 106 Å². The summed E-state index contributed by atoms with van der Waals surface area (Å²) >= 11 is 9.62. The molecule has 0 unspecified atom stereocenters. The molecule has 4 rings (SSSR count). The van der Waals surface area contributed by atoms with Gasteiger partial charge in [-0.3, -0.25) is 13.9 Å². The van der Waals surface area contributed by atoms with Crippen LogP contribution in [0.2, 0.25) is 5.02 Å². The third-order valence-electron chi connectivity index (χ3n) is 7.56. The fourth-order valence-electron chi connectivity index (χ4n) is 5.00. The Labute approximate surface area is 296 Å². The van der Waals surface area contributed by atoms with E-state index in [1.807, 2.05) is 68.4 Å². The van der Waals surface area contributed by atoms with Gasteiger partial charge in [0.2, 0.25) is 11.8 Å². The number of amides is 2. The largest absolute Gasteiger partial charge is 0.493 e. The summed E-state index contributed by atoms with van der Waals surface area (Å²) in [5.74, 6) is -0.171. The maximum absolute atomic E-state index is 14.6. The molecule has 0 fully saturated rings. The van der Waals surface area contributed by atoms with E-state index in [-0.39, 0.29) is 41.1 Å². The Morgan fingerprint density at radius 3 is 2.10 bits per heavy atom. The van der Waals surface area contributed by atoms with Crippen molar-refractivity contribution in [2.24, 2.45) is 5.92 Å². The van der Waals surface area contributed by atoms with Crippen LogP contribution >= 0.6 is 27.5 Å². The van der Waals surface area contributed by atoms with E-state index in [4.69, 9.17) is 21.1 Å². The number of carbonyl (C=O) groups excluding carboxylic acids is 2. The van der Waals surface area contributed by atoms with E-state index in [0.717, 1.165) is 19.9 Å². The number of ether oxygens (including phenoxy) is 2. The lowest BCUT2D eigenvalue weighted by atomic mass is 10.0. The second kappa shape index (κ2) is 16.9. The maximum Gasteiger partial charge on any atom is 0.264 e. The van der Waals surface area contributed by atoms with Crippen molar-refractivity contribution in [1.82, 2.24) is 10.2 Å². The number of rotatable bonds is 15. The van der Waals surface area contributed by atoms with E-state index in [1.165, 1.54) is 49.5 Å². The van der Waals surface area contributed by atoms with Gasteiger partial charge in [-0.1, -0.05) is 83.8 Å². The summed E-state index contributed by atoms with van der Waals surface area (Å²) in [6, 6.07) is 26.3. The smallest absolute Gasteiger partial charge is 0.264 e. The molecule has 48 heavy (non-hydrogen) atoms. The Bertz CT molecular complexity index is 1790. The number of methoxy groups -OCH3 is 2. The molecule has 12 heteroatoms. The van der Waals surface area contributed by atoms with Crippen LogP contribution in [-0.4, -0.2) is 58.5 Å². The standard InChI is InChI=1S/C36H39BrClN3O6S/c1-25(2)22-39-36(43)32(20-26-8-6-5-7-9-26)40(23-27-10-12-28(37)13-11-27)35(42)24-41(30-16-14-29(38)15-17-30)48(44,45)31-18-19-33(46-3)34(21-31)47-4/h5-19,21,25,32H,20,22-24H2,1-4H3,(H,39,43)/t32-/m0/s1.